The quantitative estimate of drug-likeness (QED) is 0.470. The highest BCUT2D eigenvalue weighted by Crippen LogP contribution is 2.37. The maximum Gasteiger partial charge on any atom is 0.314 e. The van der Waals surface area contributed by atoms with Crippen LogP contribution in [0.2, 0.25) is 0 Å². The highest BCUT2D eigenvalue weighted by Gasteiger charge is 2.23. The molecule has 2 aromatic carbocycles. The zero-order chi connectivity index (χ0) is 21.5. The van der Waals surface area contributed by atoms with Crippen molar-refractivity contribution in [1.82, 2.24) is 19.9 Å². The third kappa shape index (κ3) is 4.06. The average Bonchev–Trinajstić information content (AvgIpc) is 3.35. The third-order valence-electron chi connectivity index (χ3n) is 4.22. The average molecular weight is 454 g/mol. The lowest BCUT2D eigenvalue weighted by Gasteiger charge is -2.13. The van der Waals surface area contributed by atoms with E-state index in [-0.39, 0.29) is 29.1 Å². The molecule has 0 unspecified atom stereocenters. The SMILES string of the molecule is CS(=O)(=O)NCc1ccc(-c2nnc(C(F)F)o2)c(-c2ccc3ncsc3c2)c1F. The third-order valence-corrected chi connectivity index (χ3v) is 5.68. The Bertz CT molecular complexity index is 1340. The Labute approximate surface area is 172 Å². The van der Waals surface area contributed by atoms with E-state index < -0.39 is 28.2 Å². The smallest absolute Gasteiger partial charge is 0.314 e. The molecule has 156 valence electrons. The predicted molar refractivity (Wildman–Crippen MR) is 105 cm³/mol. The molecule has 0 fully saturated rings. The van der Waals surface area contributed by atoms with Gasteiger partial charge < -0.3 is 4.42 Å². The van der Waals surface area contributed by atoms with Crippen LogP contribution >= 0.6 is 11.3 Å². The largest absolute Gasteiger partial charge is 0.415 e. The molecular weight excluding hydrogens is 441 g/mol. The molecule has 2 heterocycles. The number of alkyl halides is 2. The predicted octanol–water partition coefficient (Wildman–Crippen LogP) is 4.14. The van der Waals surface area contributed by atoms with Crippen LogP contribution in [0, 0.1) is 5.82 Å². The van der Waals surface area contributed by atoms with Crippen LogP contribution in [-0.2, 0) is 16.6 Å². The highest BCUT2D eigenvalue weighted by atomic mass is 32.2. The Morgan fingerprint density at radius 3 is 2.70 bits per heavy atom. The minimum atomic E-state index is -3.55. The molecule has 0 aliphatic heterocycles. The molecule has 0 atom stereocenters. The number of aromatic nitrogens is 3. The van der Waals surface area contributed by atoms with Crippen LogP contribution < -0.4 is 4.72 Å². The van der Waals surface area contributed by atoms with Crippen molar-refractivity contribution in [1.29, 1.82) is 0 Å². The number of benzene rings is 2. The molecular formula is C18H13F3N4O3S2. The second kappa shape index (κ2) is 7.78. The summed E-state index contributed by atoms with van der Waals surface area (Å²) in [5.41, 5.74) is 3.00. The first-order chi connectivity index (χ1) is 14.2. The second-order valence-electron chi connectivity index (χ2n) is 6.34. The summed E-state index contributed by atoms with van der Waals surface area (Å²) in [7, 11) is -3.55. The van der Waals surface area contributed by atoms with Gasteiger partial charge >= 0.3 is 6.43 Å². The van der Waals surface area contributed by atoms with Gasteiger partial charge in [-0.25, -0.2) is 22.5 Å². The number of sulfonamides is 1. The number of fused-ring (bicyclic) bond motifs is 1. The fourth-order valence-electron chi connectivity index (χ4n) is 2.87. The number of nitrogens with one attached hydrogen (secondary N) is 1. The monoisotopic (exact) mass is 454 g/mol. The van der Waals surface area contributed by atoms with E-state index in [1.807, 2.05) is 0 Å². The van der Waals surface area contributed by atoms with Crippen molar-refractivity contribution >= 4 is 31.6 Å². The van der Waals surface area contributed by atoms with E-state index in [1.165, 1.54) is 23.5 Å². The van der Waals surface area contributed by atoms with Gasteiger partial charge in [-0.3, -0.25) is 0 Å². The molecule has 12 heteroatoms. The fraction of sp³-hybridized carbons (Fsp3) is 0.167. The first kappa shape index (κ1) is 20.4. The van der Waals surface area contributed by atoms with Crippen LogP contribution in [0.5, 0.6) is 0 Å². The van der Waals surface area contributed by atoms with Gasteiger partial charge in [0.25, 0.3) is 5.89 Å². The first-order valence-corrected chi connectivity index (χ1v) is 11.2. The maximum absolute atomic E-state index is 15.5. The van der Waals surface area contributed by atoms with Crippen LogP contribution in [0.4, 0.5) is 13.2 Å². The van der Waals surface area contributed by atoms with E-state index in [9.17, 15) is 17.2 Å². The number of hydrogen-bond acceptors (Lipinski definition) is 7. The molecule has 0 aliphatic carbocycles. The Hall–Kier alpha value is -2.83. The first-order valence-electron chi connectivity index (χ1n) is 8.44. The van der Waals surface area contributed by atoms with E-state index in [0.717, 1.165) is 16.5 Å². The van der Waals surface area contributed by atoms with Crippen molar-refractivity contribution in [2.75, 3.05) is 6.26 Å². The van der Waals surface area contributed by atoms with Crippen molar-refractivity contribution in [2.45, 2.75) is 13.0 Å². The van der Waals surface area contributed by atoms with E-state index in [2.05, 4.69) is 19.9 Å². The van der Waals surface area contributed by atoms with Gasteiger partial charge in [0.15, 0.2) is 0 Å². The summed E-state index contributed by atoms with van der Waals surface area (Å²) in [4.78, 5) is 4.18. The van der Waals surface area contributed by atoms with Crippen LogP contribution in [0.1, 0.15) is 17.9 Å². The number of hydrogen-bond donors (Lipinski definition) is 1. The minimum absolute atomic E-state index is 0.0302. The summed E-state index contributed by atoms with van der Waals surface area (Å²) in [5, 5.41) is 6.92. The van der Waals surface area contributed by atoms with Crippen LogP contribution in [-0.4, -0.2) is 29.9 Å². The van der Waals surface area contributed by atoms with Crippen molar-refractivity contribution < 1.29 is 26.0 Å². The molecule has 0 amide bonds. The second-order valence-corrected chi connectivity index (χ2v) is 9.05. The van der Waals surface area contributed by atoms with Crippen molar-refractivity contribution in [3.05, 3.63) is 53.1 Å². The topological polar surface area (TPSA) is 98.0 Å². The molecule has 30 heavy (non-hydrogen) atoms. The van der Waals surface area contributed by atoms with Gasteiger partial charge in [0.1, 0.15) is 5.82 Å². The molecule has 0 saturated heterocycles. The summed E-state index contributed by atoms with van der Waals surface area (Å²) < 4.78 is 72.1. The summed E-state index contributed by atoms with van der Waals surface area (Å²) >= 11 is 1.35. The van der Waals surface area contributed by atoms with Gasteiger partial charge in [-0.15, -0.1) is 21.5 Å². The summed E-state index contributed by atoms with van der Waals surface area (Å²) in [5.74, 6) is -1.88. The van der Waals surface area contributed by atoms with E-state index in [0.29, 0.717) is 5.56 Å². The van der Waals surface area contributed by atoms with E-state index >= 15 is 4.39 Å². The van der Waals surface area contributed by atoms with Crippen molar-refractivity contribution in [2.24, 2.45) is 0 Å². The number of rotatable bonds is 6. The standard InChI is InChI=1S/C18H13F3N4O3S2/c1-30(26,27)23-7-10-2-4-11(17-24-25-18(28-17)16(20)21)14(15(10)19)9-3-5-12-13(6-9)29-8-22-12/h2-6,8,16,23H,7H2,1H3. The van der Waals surface area contributed by atoms with Gasteiger partial charge in [-0.2, -0.15) is 8.78 Å². The Morgan fingerprint density at radius 1 is 1.20 bits per heavy atom. The minimum Gasteiger partial charge on any atom is -0.415 e. The highest BCUT2D eigenvalue weighted by molar-refractivity contribution is 7.88. The van der Waals surface area contributed by atoms with Gasteiger partial charge in [-0.1, -0.05) is 12.1 Å². The zero-order valence-electron chi connectivity index (χ0n) is 15.3. The van der Waals surface area contributed by atoms with Gasteiger partial charge in [0.05, 0.1) is 22.0 Å². The Morgan fingerprint density at radius 2 is 2.00 bits per heavy atom. The van der Waals surface area contributed by atoms with Gasteiger partial charge in [0, 0.05) is 23.2 Å². The number of thiazole rings is 1. The summed E-state index contributed by atoms with van der Waals surface area (Å²) in [6, 6.07) is 7.79. The number of nitrogens with zero attached hydrogens (tertiary/aromatic N) is 3. The molecule has 0 saturated carbocycles. The van der Waals surface area contributed by atoms with E-state index in [1.54, 1.807) is 23.7 Å². The lowest BCUT2D eigenvalue weighted by atomic mass is 9.96. The molecule has 0 spiro atoms. The molecule has 4 aromatic rings. The summed E-state index contributed by atoms with van der Waals surface area (Å²) in [6.07, 6.45) is -2.01. The van der Waals surface area contributed by atoms with Crippen LogP contribution in [0.3, 0.4) is 0 Å². The van der Waals surface area contributed by atoms with Crippen molar-refractivity contribution in [3.8, 4) is 22.6 Å². The molecule has 4 rings (SSSR count). The van der Waals surface area contributed by atoms with Crippen molar-refractivity contribution in [3.63, 3.8) is 0 Å². The Balaban J connectivity index is 1.89. The lowest BCUT2D eigenvalue weighted by Crippen LogP contribution is -2.22. The maximum atomic E-state index is 15.5. The molecule has 2 aromatic heterocycles. The van der Waals surface area contributed by atoms with E-state index in [4.69, 9.17) is 4.42 Å². The van der Waals surface area contributed by atoms with Gasteiger partial charge in [-0.05, 0) is 23.8 Å². The fourth-order valence-corrected chi connectivity index (χ4v) is 4.00. The molecule has 0 bridgehead atoms. The van der Waals surface area contributed by atoms with Gasteiger partial charge in [0.2, 0.25) is 15.9 Å². The van der Waals surface area contributed by atoms with Crippen LogP contribution in [0.25, 0.3) is 32.8 Å². The van der Waals surface area contributed by atoms with Crippen LogP contribution in [0.15, 0.2) is 40.3 Å². The Kier molecular flexibility index (Phi) is 5.30. The normalized spacial score (nSPS) is 12.2. The molecule has 0 aliphatic rings. The number of halogens is 3. The lowest BCUT2D eigenvalue weighted by molar-refractivity contribution is 0.116. The molecule has 1 N–H and O–H groups in total. The zero-order valence-corrected chi connectivity index (χ0v) is 16.9. The summed E-state index contributed by atoms with van der Waals surface area (Å²) in [6.45, 7) is -0.285. The molecule has 7 nitrogen and oxygen atoms in total. The molecule has 0 radical (unpaired) electrons.